The predicted octanol–water partition coefficient (Wildman–Crippen LogP) is 1.78. The average molecular weight is 446 g/mol. The molecule has 1 aromatic heterocycles. The van der Waals surface area contributed by atoms with E-state index in [0.29, 0.717) is 17.7 Å². The number of aromatic nitrogens is 4. The first-order valence-electron chi connectivity index (χ1n) is 11.0. The van der Waals surface area contributed by atoms with Crippen LogP contribution in [0.25, 0.3) is 5.69 Å². The molecular formula is C24H27N7O2. The number of tetrazole rings is 1. The van der Waals surface area contributed by atoms with Crippen molar-refractivity contribution in [2.75, 3.05) is 39.8 Å². The van der Waals surface area contributed by atoms with Gasteiger partial charge >= 0.3 is 0 Å². The van der Waals surface area contributed by atoms with Crippen LogP contribution < -0.4 is 4.74 Å². The van der Waals surface area contributed by atoms with E-state index in [4.69, 9.17) is 4.74 Å². The van der Waals surface area contributed by atoms with Gasteiger partial charge < -0.3 is 9.64 Å². The molecule has 1 fully saturated rings. The van der Waals surface area contributed by atoms with Gasteiger partial charge in [-0.05, 0) is 64.7 Å². The van der Waals surface area contributed by atoms with E-state index >= 15 is 0 Å². The van der Waals surface area contributed by atoms with Crippen LogP contribution in [0.2, 0.25) is 0 Å². The Balaban J connectivity index is 1.26. The highest BCUT2D eigenvalue weighted by Crippen LogP contribution is 2.23. The summed E-state index contributed by atoms with van der Waals surface area (Å²) in [6.07, 6.45) is 2.79. The summed E-state index contributed by atoms with van der Waals surface area (Å²) in [6, 6.07) is 13.8. The minimum atomic E-state index is 0.148. The number of methoxy groups -OCH3 is 1. The lowest BCUT2D eigenvalue weighted by Crippen LogP contribution is -2.49. The van der Waals surface area contributed by atoms with E-state index in [1.807, 2.05) is 48.2 Å². The number of hydrogen-bond acceptors (Lipinski definition) is 7. The first-order chi connectivity index (χ1) is 16.1. The number of aryl methyl sites for hydroxylation is 1. The molecule has 1 saturated heterocycles. The van der Waals surface area contributed by atoms with Crippen LogP contribution in [0, 0.1) is 18.3 Å². The molecule has 0 atom stereocenters. The number of rotatable bonds is 7. The number of carbonyl (C=O) groups is 1. The second-order valence-corrected chi connectivity index (χ2v) is 8.16. The molecule has 0 saturated carbocycles. The third-order valence-electron chi connectivity index (χ3n) is 6.11. The molecular weight excluding hydrogens is 418 g/mol. The number of hydrogen-bond donors (Lipinski definition) is 0. The Labute approximate surface area is 193 Å². The summed E-state index contributed by atoms with van der Waals surface area (Å²) >= 11 is 0. The Morgan fingerprint density at radius 1 is 1.15 bits per heavy atom. The van der Waals surface area contributed by atoms with Gasteiger partial charge in [0.2, 0.25) is 5.91 Å². The van der Waals surface area contributed by atoms with Gasteiger partial charge in [0.15, 0.2) is 0 Å². The molecule has 3 aromatic rings. The SMILES string of the molecule is COc1cc(C)c(CCN2CCN(C(=O)Cc3ccc(-n4cnnn4)cc3)CC2)cc1C#N. The van der Waals surface area contributed by atoms with Crippen LogP contribution in [0.5, 0.6) is 5.75 Å². The van der Waals surface area contributed by atoms with Crippen molar-refractivity contribution in [3.63, 3.8) is 0 Å². The fourth-order valence-electron chi connectivity index (χ4n) is 4.08. The van der Waals surface area contributed by atoms with Crippen LogP contribution in [0.4, 0.5) is 0 Å². The summed E-state index contributed by atoms with van der Waals surface area (Å²) in [4.78, 5) is 17.1. The Morgan fingerprint density at radius 3 is 2.55 bits per heavy atom. The van der Waals surface area contributed by atoms with E-state index in [2.05, 4.69) is 26.5 Å². The highest BCUT2D eigenvalue weighted by Gasteiger charge is 2.21. The fraction of sp³-hybridized carbons (Fsp3) is 0.375. The summed E-state index contributed by atoms with van der Waals surface area (Å²) in [5.74, 6) is 0.769. The molecule has 33 heavy (non-hydrogen) atoms. The number of ether oxygens (including phenoxy) is 1. The van der Waals surface area contributed by atoms with Crippen LogP contribution >= 0.6 is 0 Å². The highest BCUT2D eigenvalue weighted by molar-refractivity contribution is 5.79. The first kappa shape index (κ1) is 22.4. The molecule has 1 aliphatic rings. The van der Waals surface area contributed by atoms with Gasteiger partial charge in [-0.25, -0.2) is 4.68 Å². The highest BCUT2D eigenvalue weighted by atomic mass is 16.5. The third kappa shape index (κ3) is 5.35. The van der Waals surface area contributed by atoms with E-state index in [0.717, 1.165) is 61.5 Å². The second kappa shape index (κ2) is 10.2. The Hall–Kier alpha value is -3.77. The lowest BCUT2D eigenvalue weighted by molar-refractivity contribution is -0.132. The number of carbonyl (C=O) groups excluding carboxylic acids is 1. The van der Waals surface area contributed by atoms with Crippen LogP contribution in [0.1, 0.15) is 22.3 Å². The molecule has 2 heterocycles. The quantitative estimate of drug-likeness (QED) is 0.546. The zero-order valence-electron chi connectivity index (χ0n) is 18.9. The minimum Gasteiger partial charge on any atom is -0.495 e. The van der Waals surface area contributed by atoms with Crippen molar-refractivity contribution in [2.24, 2.45) is 0 Å². The molecule has 9 heteroatoms. The molecule has 9 nitrogen and oxygen atoms in total. The summed E-state index contributed by atoms with van der Waals surface area (Å²) < 4.78 is 6.87. The predicted molar refractivity (Wildman–Crippen MR) is 122 cm³/mol. The van der Waals surface area contributed by atoms with Gasteiger partial charge in [-0.15, -0.1) is 5.10 Å². The Morgan fingerprint density at radius 2 is 1.91 bits per heavy atom. The molecule has 1 amide bonds. The largest absolute Gasteiger partial charge is 0.495 e. The molecule has 170 valence electrons. The molecule has 0 bridgehead atoms. The summed E-state index contributed by atoms with van der Waals surface area (Å²) in [6.45, 7) is 6.11. The van der Waals surface area contributed by atoms with Gasteiger partial charge in [-0.2, -0.15) is 5.26 Å². The normalized spacial score (nSPS) is 14.2. The van der Waals surface area contributed by atoms with Crippen LogP contribution in [0.3, 0.4) is 0 Å². The van der Waals surface area contributed by atoms with Gasteiger partial charge in [0.1, 0.15) is 18.1 Å². The van der Waals surface area contributed by atoms with Crippen LogP contribution in [-0.2, 0) is 17.6 Å². The summed E-state index contributed by atoms with van der Waals surface area (Å²) in [7, 11) is 1.59. The maximum absolute atomic E-state index is 12.8. The monoisotopic (exact) mass is 445 g/mol. The molecule has 0 radical (unpaired) electrons. The summed E-state index contributed by atoms with van der Waals surface area (Å²) in [5, 5.41) is 20.5. The van der Waals surface area contributed by atoms with Gasteiger partial charge in [-0.1, -0.05) is 12.1 Å². The second-order valence-electron chi connectivity index (χ2n) is 8.16. The first-order valence-corrected chi connectivity index (χ1v) is 11.0. The Kier molecular flexibility index (Phi) is 6.95. The number of nitrogens with zero attached hydrogens (tertiary/aromatic N) is 7. The van der Waals surface area contributed by atoms with E-state index in [1.54, 1.807) is 11.8 Å². The molecule has 2 aromatic carbocycles. The van der Waals surface area contributed by atoms with Crippen molar-refractivity contribution in [1.29, 1.82) is 5.26 Å². The molecule has 4 rings (SSSR count). The number of nitriles is 1. The van der Waals surface area contributed by atoms with Crippen molar-refractivity contribution >= 4 is 5.91 Å². The van der Waals surface area contributed by atoms with Gasteiger partial charge in [0.25, 0.3) is 0 Å². The standard InChI is InChI=1S/C24H27N7O2/c1-18-13-23(33-2)21(16-25)15-20(18)7-8-29-9-11-30(12-10-29)24(32)14-19-3-5-22(6-4-19)31-17-26-27-28-31/h3-6,13,15,17H,7-12,14H2,1-2H3. The van der Waals surface area contributed by atoms with E-state index in [-0.39, 0.29) is 5.91 Å². The van der Waals surface area contributed by atoms with Gasteiger partial charge in [0, 0.05) is 32.7 Å². The van der Waals surface area contributed by atoms with Crippen molar-refractivity contribution in [3.05, 3.63) is 65.0 Å². The maximum atomic E-state index is 12.8. The van der Waals surface area contributed by atoms with Gasteiger partial charge in [-0.3, -0.25) is 9.69 Å². The van der Waals surface area contributed by atoms with Crippen LogP contribution in [-0.4, -0.2) is 75.7 Å². The topological polar surface area (TPSA) is 100 Å². The number of piperazine rings is 1. The molecule has 0 unspecified atom stereocenters. The maximum Gasteiger partial charge on any atom is 0.227 e. The number of benzene rings is 2. The van der Waals surface area contributed by atoms with E-state index in [1.165, 1.54) is 6.33 Å². The van der Waals surface area contributed by atoms with E-state index in [9.17, 15) is 10.1 Å². The minimum absolute atomic E-state index is 0.148. The van der Waals surface area contributed by atoms with Crippen LogP contribution in [0.15, 0.2) is 42.7 Å². The lowest BCUT2D eigenvalue weighted by Gasteiger charge is -2.35. The van der Waals surface area contributed by atoms with Crippen molar-refractivity contribution in [1.82, 2.24) is 30.0 Å². The van der Waals surface area contributed by atoms with Crippen molar-refractivity contribution in [3.8, 4) is 17.5 Å². The summed E-state index contributed by atoms with van der Waals surface area (Å²) in [5.41, 5.74) is 4.70. The van der Waals surface area contributed by atoms with E-state index < -0.39 is 0 Å². The zero-order chi connectivity index (χ0) is 23.2. The van der Waals surface area contributed by atoms with Crippen molar-refractivity contribution in [2.45, 2.75) is 19.8 Å². The zero-order valence-corrected chi connectivity index (χ0v) is 18.9. The smallest absolute Gasteiger partial charge is 0.227 e. The van der Waals surface area contributed by atoms with Gasteiger partial charge in [0.05, 0.1) is 24.8 Å². The average Bonchev–Trinajstić information content (AvgIpc) is 3.39. The lowest BCUT2D eigenvalue weighted by atomic mass is 10.0. The third-order valence-corrected chi connectivity index (χ3v) is 6.11. The Bertz CT molecular complexity index is 1130. The molecule has 0 N–H and O–H groups in total. The molecule has 1 aliphatic heterocycles. The molecule has 0 aliphatic carbocycles. The van der Waals surface area contributed by atoms with Crippen molar-refractivity contribution < 1.29 is 9.53 Å². The molecule has 0 spiro atoms. The number of amides is 1. The fourth-order valence-corrected chi connectivity index (χ4v) is 4.08.